The summed E-state index contributed by atoms with van der Waals surface area (Å²) in [5.74, 6) is -0.751. The van der Waals surface area contributed by atoms with E-state index in [2.05, 4.69) is 0 Å². The van der Waals surface area contributed by atoms with Crippen molar-refractivity contribution in [2.24, 2.45) is 5.92 Å². The van der Waals surface area contributed by atoms with E-state index in [1.165, 1.54) is 7.11 Å². The lowest BCUT2D eigenvalue weighted by Crippen LogP contribution is -2.29. The Morgan fingerprint density at radius 2 is 1.86 bits per heavy atom. The number of benzene rings is 2. The minimum absolute atomic E-state index is 0.0114. The zero-order valence-electron chi connectivity index (χ0n) is 17.2. The van der Waals surface area contributed by atoms with E-state index in [1.54, 1.807) is 24.3 Å². The number of aryl methyl sites for hydroxylation is 2. The predicted octanol–water partition coefficient (Wildman–Crippen LogP) is 4.30. The lowest BCUT2D eigenvalue weighted by molar-refractivity contribution is -0.109. The highest BCUT2D eigenvalue weighted by Crippen LogP contribution is 2.37. The Kier molecular flexibility index (Phi) is 6.16. The number of hydrogen-bond donors (Lipinski definition) is 0. The highest BCUT2D eigenvalue weighted by Gasteiger charge is 2.35. The molecule has 0 aromatic heterocycles. The van der Waals surface area contributed by atoms with Crippen molar-refractivity contribution in [2.75, 3.05) is 7.11 Å². The zero-order valence-corrected chi connectivity index (χ0v) is 17.2. The predicted molar refractivity (Wildman–Crippen MR) is 110 cm³/mol. The van der Waals surface area contributed by atoms with Crippen molar-refractivity contribution in [1.29, 1.82) is 0 Å². The number of ether oxygens (including phenoxy) is 2. The van der Waals surface area contributed by atoms with Gasteiger partial charge in [0.15, 0.2) is 5.78 Å². The van der Waals surface area contributed by atoms with Gasteiger partial charge in [0.1, 0.15) is 12.0 Å². The Bertz CT molecular complexity index is 927. The Morgan fingerprint density at radius 3 is 2.45 bits per heavy atom. The molecule has 0 N–H and O–H groups in total. The summed E-state index contributed by atoms with van der Waals surface area (Å²) in [5.41, 5.74) is 3.78. The number of aldehydes is 1. The zero-order chi connectivity index (χ0) is 21.1. The van der Waals surface area contributed by atoms with Crippen molar-refractivity contribution in [3.63, 3.8) is 0 Å². The van der Waals surface area contributed by atoms with E-state index in [-0.39, 0.29) is 11.9 Å². The van der Waals surface area contributed by atoms with Gasteiger partial charge in [0.25, 0.3) is 0 Å². The third-order valence-corrected chi connectivity index (χ3v) is 5.39. The lowest BCUT2D eigenvalue weighted by atomic mass is 9.74. The minimum atomic E-state index is -0.557. The number of hydrogen-bond acceptors (Lipinski definition) is 5. The molecule has 0 fully saturated rings. The molecular formula is C24H26O5. The summed E-state index contributed by atoms with van der Waals surface area (Å²) in [7, 11) is 1.32. The van der Waals surface area contributed by atoms with Gasteiger partial charge in [-0.3, -0.25) is 4.79 Å². The van der Waals surface area contributed by atoms with Crippen LogP contribution in [0.4, 0.5) is 0 Å². The van der Waals surface area contributed by atoms with E-state index >= 15 is 0 Å². The second-order valence-electron chi connectivity index (χ2n) is 7.73. The summed E-state index contributed by atoms with van der Waals surface area (Å²) in [4.78, 5) is 36.8. The monoisotopic (exact) mass is 394 g/mol. The average molecular weight is 394 g/mol. The molecule has 0 bridgehead atoms. The van der Waals surface area contributed by atoms with Gasteiger partial charge in [-0.2, -0.15) is 0 Å². The number of carbonyl (C=O) groups excluding carboxylic acids is 3. The number of esters is 1. The maximum absolute atomic E-state index is 13.3. The van der Waals surface area contributed by atoms with Crippen LogP contribution in [-0.4, -0.2) is 31.3 Å². The van der Waals surface area contributed by atoms with Crippen LogP contribution >= 0.6 is 0 Å². The molecule has 0 heterocycles. The maximum atomic E-state index is 13.3. The fourth-order valence-electron chi connectivity index (χ4n) is 3.91. The van der Waals surface area contributed by atoms with E-state index in [0.29, 0.717) is 23.3 Å². The van der Waals surface area contributed by atoms with Crippen LogP contribution in [0.15, 0.2) is 36.4 Å². The largest absolute Gasteiger partial charge is 0.491 e. The summed E-state index contributed by atoms with van der Waals surface area (Å²) in [6.07, 6.45) is 2.19. The molecule has 2 aromatic rings. The summed E-state index contributed by atoms with van der Waals surface area (Å²) in [6, 6.07) is 10.5. The second kappa shape index (κ2) is 8.60. The van der Waals surface area contributed by atoms with Crippen LogP contribution in [-0.2, 0) is 16.0 Å². The lowest BCUT2D eigenvalue weighted by Gasteiger charge is -2.28. The van der Waals surface area contributed by atoms with Gasteiger partial charge in [-0.1, -0.05) is 18.2 Å². The van der Waals surface area contributed by atoms with E-state index in [9.17, 15) is 14.4 Å². The number of fused-ring (bicyclic) bond motifs is 1. The molecule has 29 heavy (non-hydrogen) atoms. The summed E-state index contributed by atoms with van der Waals surface area (Å²) in [5, 5.41) is 0. The molecule has 152 valence electrons. The first-order valence-corrected chi connectivity index (χ1v) is 9.83. The number of rotatable bonds is 6. The van der Waals surface area contributed by atoms with Crippen molar-refractivity contribution in [3.8, 4) is 5.75 Å². The molecule has 3 rings (SSSR count). The normalized spacial score (nSPS) is 16.9. The van der Waals surface area contributed by atoms with E-state index in [1.807, 2.05) is 32.9 Å². The van der Waals surface area contributed by atoms with Crippen LogP contribution < -0.4 is 4.74 Å². The molecule has 2 unspecified atom stereocenters. The van der Waals surface area contributed by atoms with Crippen LogP contribution in [0.2, 0.25) is 0 Å². The highest BCUT2D eigenvalue weighted by molar-refractivity contribution is 6.02. The molecule has 1 aliphatic rings. The van der Waals surface area contributed by atoms with Gasteiger partial charge in [-0.25, -0.2) is 4.79 Å². The van der Waals surface area contributed by atoms with E-state index < -0.39 is 17.8 Å². The van der Waals surface area contributed by atoms with Crippen LogP contribution in [0.25, 0.3) is 0 Å². The van der Waals surface area contributed by atoms with Crippen LogP contribution in [0, 0.1) is 12.8 Å². The van der Waals surface area contributed by atoms with Gasteiger partial charge in [0.2, 0.25) is 0 Å². The molecule has 0 saturated heterocycles. The highest BCUT2D eigenvalue weighted by atomic mass is 16.5. The molecule has 2 aromatic carbocycles. The van der Waals surface area contributed by atoms with Crippen molar-refractivity contribution in [1.82, 2.24) is 0 Å². The van der Waals surface area contributed by atoms with Crippen LogP contribution in [0.1, 0.15) is 63.6 Å². The van der Waals surface area contributed by atoms with Crippen molar-refractivity contribution >= 4 is 18.0 Å². The standard InChI is InChI=1S/C24H26O5/c1-14(2)29-22-12-20-18(11-15(22)3)9-10-19(23(20)26)21(13-25)16-5-7-17(8-6-16)24(27)28-4/h5-8,11-14,19,21H,9-10H2,1-4H3. The molecule has 1 aliphatic carbocycles. The number of carbonyl (C=O) groups is 3. The van der Waals surface area contributed by atoms with Gasteiger partial charge in [-0.15, -0.1) is 0 Å². The van der Waals surface area contributed by atoms with E-state index in [4.69, 9.17) is 9.47 Å². The Labute approximate surface area is 171 Å². The molecule has 0 spiro atoms. The molecule has 0 aliphatic heterocycles. The van der Waals surface area contributed by atoms with Crippen LogP contribution in [0.5, 0.6) is 5.75 Å². The SMILES string of the molecule is COC(=O)c1ccc(C(C=O)C2CCc3cc(C)c(OC(C)C)cc3C2=O)cc1. The smallest absolute Gasteiger partial charge is 0.337 e. The molecule has 0 amide bonds. The maximum Gasteiger partial charge on any atom is 0.337 e. The second-order valence-corrected chi connectivity index (χ2v) is 7.73. The average Bonchev–Trinajstić information content (AvgIpc) is 2.71. The van der Waals surface area contributed by atoms with Gasteiger partial charge < -0.3 is 14.3 Å². The summed E-state index contributed by atoms with van der Waals surface area (Å²) >= 11 is 0. The number of ketones is 1. The Balaban J connectivity index is 1.91. The number of Topliss-reactive ketones (excluding diaryl/α,β-unsaturated/α-hetero) is 1. The third kappa shape index (κ3) is 4.24. The number of methoxy groups -OCH3 is 1. The molecule has 0 saturated carbocycles. The van der Waals surface area contributed by atoms with Crippen molar-refractivity contribution < 1.29 is 23.9 Å². The molecule has 0 radical (unpaired) electrons. The first-order chi connectivity index (χ1) is 13.8. The summed E-state index contributed by atoms with van der Waals surface area (Å²) in [6.45, 7) is 5.87. The Morgan fingerprint density at radius 1 is 1.17 bits per heavy atom. The first kappa shape index (κ1) is 20.8. The fraction of sp³-hybridized carbons (Fsp3) is 0.375. The molecule has 5 heteroatoms. The minimum Gasteiger partial charge on any atom is -0.491 e. The van der Waals surface area contributed by atoms with E-state index in [0.717, 1.165) is 29.4 Å². The van der Waals surface area contributed by atoms with Gasteiger partial charge >= 0.3 is 5.97 Å². The Hall–Kier alpha value is -2.95. The van der Waals surface area contributed by atoms with Crippen molar-refractivity contribution in [3.05, 3.63) is 64.2 Å². The molecule has 2 atom stereocenters. The first-order valence-electron chi connectivity index (χ1n) is 9.83. The van der Waals surface area contributed by atoms with Gasteiger partial charge in [0.05, 0.1) is 18.8 Å². The quantitative estimate of drug-likeness (QED) is 0.540. The third-order valence-electron chi connectivity index (χ3n) is 5.39. The fourth-order valence-corrected chi connectivity index (χ4v) is 3.91. The molecule has 5 nitrogen and oxygen atoms in total. The summed E-state index contributed by atoms with van der Waals surface area (Å²) < 4.78 is 10.6. The van der Waals surface area contributed by atoms with Gasteiger partial charge in [0, 0.05) is 17.4 Å². The van der Waals surface area contributed by atoms with Gasteiger partial charge in [-0.05, 0) is 68.5 Å². The topological polar surface area (TPSA) is 69.7 Å². The molecular weight excluding hydrogens is 368 g/mol. The van der Waals surface area contributed by atoms with Crippen LogP contribution in [0.3, 0.4) is 0 Å². The van der Waals surface area contributed by atoms with Crippen molar-refractivity contribution in [2.45, 2.75) is 45.6 Å².